The number of rotatable bonds is 6. The zero-order valence-corrected chi connectivity index (χ0v) is 17.4. The Balaban J connectivity index is 1.42. The van der Waals surface area contributed by atoms with Gasteiger partial charge in [0.05, 0.1) is 5.56 Å². The molecule has 0 aromatic heterocycles. The summed E-state index contributed by atoms with van der Waals surface area (Å²) >= 11 is 1.67. The minimum absolute atomic E-state index is 0.0205. The van der Waals surface area contributed by atoms with Crippen LogP contribution in [0.5, 0.6) is 5.75 Å². The van der Waals surface area contributed by atoms with E-state index >= 15 is 0 Å². The summed E-state index contributed by atoms with van der Waals surface area (Å²) in [4.78, 5) is 16.6. The molecule has 0 aliphatic carbocycles. The molecule has 0 saturated carbocycles. The number of likely N-dealkylation sites (tertiary alicyclic amines) is 1. The Morgan fingerprint density at radius 1 is 1.29 bits per heavy atom. The van der Waals surface area contributed by atoms with Crippen molar-refractivity contribution in [1.82, 2.24) is 10.2 Å². The normalized spacial score (nSPS) is 21.4. The number of ether oxygens (including phenoxy) is 1. The number of hydrogen-bond donors (Lipinski definition) is 1. The maximum Gasteiger partial charge on any atom is 0.255 e. The largest absolute Gasteiger partial charge is 0.489 e. The van der Waals surface area contributed by atoms with Gasteiger partial charge in [-0.05, 0) is 55.8 Å². The molecule has 0 bridgehead atoms. The molecule has 2 aliphatic heterocycles. The standard InChI is InChI=1S/C23H28N2O2S/c1-16-11-18-12-20(28-2)13-21(22(18)27-16)23(26)24-14-19-9-6-10-25(19)15-17-7-4-3-5-8-17/h3-5,7-8,12-13,16,19H,6,9-11,14-15H2,1-2H3,(H,24,26). The summed E-state index contributed by atoms with van der Waals surface area (Å²) in [5.41, 5.74) is 3.16. The number of fused-ring (bicyclic) bond motifs is 1. The summed E-state index contributed by atoms with van der Waals surface area (Å²) in [5, 5.41) is 3.18. The fraction of sp³-hybridized carbons (Fsp3) is 0.435. The summed E-state index contributed by atoms with van der Waals surface area (Å²) in [6, 6.07) is 15.1. The van der Waals surface area contributed by atoms with Gasteiger partial charge < -0.3 is 10.1 Å². The van der Waals surface area contributed by atoms with E-state index in [9.17, 15) is 4.79 Å². The second-order valence-electron chi connectivity index (χ2n) is 7.76. The van der Waals surface area contributed by atoms with Gasteiger partial charge in [0.1, 0.15) is 11.9 Å². The minimum atomic E-state index is -0.0205. The number of carbonyl (C=O) groups excluding carboxylic acids is 1. The SMILES string of the molecule is CSc1cc2c(c(C(=O)NCC3CCCN3Cc3ccccc3)c1)OC(C)C2. The first-order valence-electron chi connectivity index (χ1n) is 10.1. The van der Waals surface area contributed by atoms with Gasteiger partial charge in [0.25, 0.3) is 5.91 Å². The number of nitrogens with one attached hydrogen (secondary N) is 1. The fourth-order valence-corrected chi connectivity index (χ4v) is 4.74. The van der Waals surface area contributed by atoms with Gasteiger partial charge in [-0.15, -0.1) is 11.8 Å². The van der Waals surface area contributed by atoms with Gasteiger partial charge >= 0.3 is 0 Å². The van der Waals surface area contributed by atoms with Gasteiger partial charge in [0.2, 0.25) is 0 Å². The van der Waals surface area contributed by atoms with Gasteiger partial charge in [-0.3, -0.25) is 9.69 Å². The predicted octanol–water partition coefficient (Wildman–Crippen LogP) is 4.13. The van der Waals surface area contributed by atoms with E-state index in [4.69, 9.17) is 4.74 Å². The van der Waals surface area contributed by atoms with Crippen molar-refractivity contribution in [1.29, 1.82) is 0 Å². The smallest absolute Gasteiger partial charge is 0.255 e. The molecule has 2 aromatic carbocycles. The van der Waals surface area contributed by atoms with Crippen molar-refractivity contribution in [2.75, 3.05) is 19.3 Å². The van der Waals surface area contributed by atoms with Crippen molar-refractivity contribution in [3.05, 3.63) is 59.2 Å². The zero-order chi connectivity index (χ0) is 19.5. The van der Waals surface area contributed by atoms with Crippen LogP contribution in [0.4, 0.5) is 0 Å². The van der Waals surface area contributed by atoms with E-state index in [1.165, 1.54) is 12.0 Å². The Labute approximate surface area is 171 Å². The van der Waals surface area contributed by atoms with E-state index in [1.807, 2.05) is 12.3 Å². The molecule has 5 heteroatoms. The highest BCUT2D eigenvalue weighted by molar-refractivity contribution is 7.98. The lowest BCUT2D eigenvalue weighted by Crippen LogP contribution is -2.39. The highest BCUT2D eigenvalue weighted by atomic mass is 32.2. The molecule has 1 saturated heterocycles. The molecule has 4 rings (SSSR count). The van der Waals surface area contributed by atoms with Crippen LogP contribution >= 0.6 is 11.8 Å². The second-order valence-corrected chi connectivity index (χ2v) is 8.64. The Bertz CT molecular complexity index is 840. The van der Waals surface area contributed by atoms with Crippen molar-refractivity contribution in [3.8, 4) is 5.75 Å². The van der Waals surface area contributed by atoms with Gasteiger partial charge in [-0.25, -0.2) is 0 Å². The summed E-state index contributed by atoms with van der Waals surface area (Å²) in [6.07, 6.45) is 5.37. The van der Waals surface area contributed by atoms with E-state index in [0.717, 1.165) is 42.1 Å². The lowest BCUT2D eigenvalue weighted by molar-refractivity contribution is 0.0935. The lowest BCUT2D eigenvalue weighted by Gasteiger charge is -2.25. The van der Waals surface area contributed by atoms with Crippen LogP contribution in [0.25, 0.3) is 0 Å². The van der Waals surface area contributed by atoms with E-state index < -0.39 is 0 Å². The topological polar surface area (TPSA) is 41.6 Å². The highest BCUT2D eigenvalue weighted by Crippen LogP contribution is 2.36. The molecule has 28 heavy (non-hydrogen) atoms. The van der Waals surface area contributed by atoms with Gasteiger partial charge in [0, 0.05) is 30.4 Å². The van der Waals surface area contributed by atoms with Crippen LogP contribution < -0.4 is 10.1 Å². The maximum absolute atomic E-state index is 13.0. The van der Waals surface area contributed by atoms with Crippen LogP contribution in [0, 0.1) is 0 Å². The van der Waals surface area contributed by atoms with E-state index in [-0.39, 0.29) is 12.0 Å². The molecule has 0 radical (unpaired) electrons. The van der Waals surface area contributed by atoms with Crippen LogP contribution in [0.2, 0.25) is 0 Å². The van der Waals surface area contributed by atoms with Gasteiger partial charge in [-0.2, -0.15) is 0 Å². The lowest BCUT2D eigenvalue weighted by atomic mass is 10.1. The van der Waals surface area contributed by atoms with E-state index in [2.05, 4.69) is 53.5 Å². The Kier molecular flexibility index (Phi) is 5.93. The third kappa shape index (κ3) is 4.20. The number of amides is 1. The molecule has 2 atom stereocenters. The molecule has 2 unspecified atom stereocenters. The van der Waals surface area contributed by atoms with Crippen LogP contribution in [-0.2, 0) is 13.0 Å². The Morgan fingerprint density at radius 2 is 2.11 bits per heavy atom. The molecule has 2 heterocycles. The third-order valence-electron chi connectivity index (χ3n) is 5.67. The number of hydrogen-bond acceptors (Lipinski definition) is 4. The second kappa shape index (κ2) is 8.58. The Hall–Kier alpha value is -1.98. The first-order chi connectivity index (χ1) is 13.6. The van der Waals surface area contributed by atoms with Crippen molar-refractivity contribution < 1.29 is 9.53 Å². The summed E-state index contributed by atoms with van der Waals surface area (Å²) < 4.78 is 5.95. The van der Waals surface area contributed by atoms with Crippen LogP contribution in [0.3, 0.4) is 0 Å². The molecule has 1 N–H and O–H groups in total. The molecule has 2 aliphatic rings. The molecule has 4 nitrogen and oxygen atoms in total. The zero-order valence-electron chi connectivity index (χ0n) is 16.6. The molecular formula is C23H28N2O2S. The molecule has 0 spiro atoms. The average Bonchev–Trinajstić information content (AvgIpc) is 3.31. The van der Waals surface area contributed by atoms with Crippen molar-refractivity contribution in [3.63, 3.8) is 0 Å². The molecule has 1 amide bonds. The number of benzene rings is 2. The summed E-state index contributed by atoms with van der Waals surface area (Å²) in [5.74, 6) is 0.753. The predicted molar refractivity (Wildman–Crippen MR) is 114 cm³/mol. The van der Waals surface area contributed by atoms with Gasteiger partial charge in [-0.1, -0.05) is 30.3 Å². The fourth-order valence-electron chi connectivity index (χ4n) is 4.25. The van der Waals surface area contributed by atoms with Crippen molar-refractivity contribution in [2.24, 2.45) is 0 Å². The first kappa shape index (κ1) is 19.3. The maximum atomic E-state index is 13.0. The van der Waals surface area contributed by atoms with Crippen molar-refractivity contribution in [2.45, 2.75) is 49.8 Å². The monoisotopic (exact) mass is 396 g/mol. The van der Waals surface area contributed by atoms with Crippen LogP contribution in [-0.4, -0.2) is 42.3 Å². The molecular weight excluding hydrogens is 368 g/mol. The van der Waals surface area contributed by atoms with Crippen LogP contribution in [0.1, 0.15) is 41.3 Å². The molecule has 148 valence electrons. The number of nitrogens with zero attached hydrogens (tertiary/aromatic N) is 1. The molecule has 1 fully saturated rings. The minimum Gasteiger partial charge on any atom is -0.489 e. The highest BCUT2D eigenvalue weighted by Gasteiger charge is 2.28. The average molecular weight is 397 g/mol. The molecule has 2 aromatic rings. The summed E-state index contributed by atoms with van der Waals surface area (Å²) in [7, 11) is 0. The summed E-state index contributed by atoms with van der Waals surface area (Å²) in [6.45, 7) is 4.77. The van der Waals surface area contributed by atoms with Crippen molar-refractivity contribution >= 4 is 17.7 Å². The number of thioether (sulfide) groups is 1. The first-order valence-corrected chi connectivity index (χ1v) is 11.3. The Morgan fingerprint density at radius 3 is 2.89 bits per heavy atom. The van der Waals surface area contributed by atoms with Gasteiger partial charge in [0.15, 0.2) is 0 Å². The quantitative estimate of drug-likeness (QED) is 0.746. The number of carbonyl (C=O) groups is 1. The van der Waals surface area contributed by atoms with E-state index in [0.29, 0.717) is 18.2 Å². The van der Waals surface area contributed by atoms with Crippen LogP contribution in [0.15, 0.2) is 47.4 Å². The van der Waals surface area contributed by atoms with E-state index in [1.54, 1.807) is 11.8 Å². The third-order valence-corrected chi connectivity index (χ3v) is 6.38.